The molecule has 90 valence electrons. The average molecular weight is 240 g/mol. The van der Waals surface area contributed by atoms with Crippen LogP contribution < -0.4 is 0 Å². The lowest BCUT2D eigenvalue weighted by atomic mass is 10.1. The van der Waals surface area contributed by atoms with Crippen LogP contribution in [0.2, 0.25) is 0 Å². The lowest BCUT2D eigenvalue weighted by Gasteiger charge is -2.01. The minimum atomic E-state index is 0.122. The number of nitrogens with zero attached hydrogens (tertiary/aromatic N) is 4. The molecule has 0 aliphatic rings. The standard InChI is InChI=1S/C13H12N4O/c14-9-13-15-10-17(16-13)8-4-7-12(18)11-5-2-1-3-6-11/h1-3,5-6,10H,4,7-8H2. The first kappa shape index (κ1) is 12.0. The topological polar surface area (TPSA) is 71.6 Å². The van der Waals surface area contributed by atoms with Crippen LogP contribution in [0.4, 0.5) is 0 Å². The molecule has 0 atom stereocenters. The molecule has 0 bridgehead atoms. The van der Waals surface area contributed by atoms with Gasteiger partial charge in [-0.2, -0.15) is 5.26 Å². The van der Waals surface area contributed by atoms with Gasteiger partial charge in [0.2, 0.25) is 0 Å². The second-order valence-electron chi connectivity index (χ2n) is 3.84. The van der Waals surface area contributed by atoms with Gasteiger partial charge in [-0.15, -0.1) is 5.10 Å². The molecular formula is C13H12N4O. The summed E-state index contributed by atoms with van der Waals surface area (Å²) in [7, 11) is 0. The van der Waals surface area contributed by atoms with Gasteiger partial charge in [0, 0.05) is 18.5 Å². The Balaban J connectivity index is 1.82. The highest BCUT2D eigenvalue weighted by atomic mass is 16.1. The summed E-state index contributed by atoms with van der Waals surface area (Å²) in [5, 5.41) is 12.5. The monoisotopic (exact) mass is 240 g/mol. The van der Waals surface area contributed by atoms with Crippen molar-refractivity contribution in [1.29, 1.82) is 5.26 Å². The number of aromatic nitrogens is 3. The quantitative estimate of drug-likeness (QED) is 0.747. The maximum atomic E-state index is 11.8. The number of ketones is 1. The summed E-state index contributed by atoms with van der Waals surface area (Å²) in [6, 6.07) is 11.1. The minimum absolute atomic E-state index is 0.122. The summed E-state index contributed by atoms with van der Waals surface area (Å²) in [5.74, 6) is 0.278. The predicted molar refractivity (Wildman–Crippen MR) is 64.7 cm³/mol. The molecule has 0 radical (unpaired) electrons. The molecule has 5 nitrogen and oxygen atoms in total. The molecule has 1 aromatic carbocycles. The van der Waals surface area contributed by atoms with Crippen molar-refractivity contribution in [1.82, 2.24) is 14.8 Å². The van der Waals surface area contributed by atoms with Crippen molar-refractivity contribution in [3.05, 3.63) is 48.0 Å². The van der Waals surface area contributed by atoms with Gasteiger partial charge in [0.05, 0.1) is 0 Å². The third-order valence-electron chi connectivity index (χ3n) is 2.52. The van der Waals surface area contributed by atoms with Gasteiger partial charge in [0.25, 0.3) is 5.82 Å². The summed E-state index contributed by atoms with van der Waals surface area (Å²) in [6.07, 6.45) is 2.65. The van der Waals surface area contributed by atoms with Crippen LogP contribution in [-0.4, -0.2) is 20.5 Å². The van der Waals surface area contributed by atoms with Gasteiger partial charge in [-0.25, -0.2) is 4.98 Å². The maximum Gasteiger partial charge on any atom is 0.252 e. The summed E-state index contributed by atoms with van der Waals surface area (Å²) in [6.45, 7) is 0.591. The van der Waals surface area contributed by atoms with Crippen molar-refractivity contribution in [2.75, 3.05) is 0 Å². The molecule has 0 unspecified atom stereocenters. The van der Waals surface area contributed by atoms with Crippen LogP contribution in [0.5, 0.6) is 0 Å². The van der Waals surface area contributed by atoms with E-state index in [-0.39, 0.29) is 11.6 Å². The van der Waals surface area contributed by atoms with E-state index in [9.17, 15) is 4.79 Å². The van der Waals surface area contributed by atoms with Crippen LogP contribution in [-0.2, 0) is 6.54 Å². The van der Waals surface area contributed by atoms with E-state index in [1.807, 2.05) is 36.4 Å². The van der Waals surface area contributed by atoms with Gasteiger partial charge >= 0.3 is 0 Å². The molecule has 0 saturated heterocycles. The van der Waals surface area contributed by atoms with Crippen LogP contribution in [0.1, 0.15) is 29.0 Å². The maximum absolute atomic E-state index is 11.8. The number of benzene rings is 1. The fourth-order valence-corrected chi connectivity index (χ4v) is 1.62. The summed E-state index contributed by atoms with van der Waals surface area (Å²) < 4.78 is 1.58. The summed E-state index contributed by atoms with van der Waals surface area (Å²) in [5.41, 5.74) is 0.730. The first-order valence-corrected chi connectivity index (χ1v) is 5.67. The number of nitriles is 1. The van der Waals surface area contributed by atoms with Crippen molar-refractivity contribution in [3.63, 3.8) is 0 Å². The van der Waals surface area contributed by atoms with Gasteiger partial charge in [-0.05, 0) is 6.42 Å². The molecule has 1 heterocycles. The largest absolute Gasteiger partial charge is 0.294 e. The van der Waals surface area contributed by atoms with E-state index >= 15 is 0 Å². The lowest BCUT2D eigenvalue weighted by Crippen LogP contribution is -2.04. The highest BCUT2D eigenvalue weighted by Gasteiger charge is 2.05. The molecule has 0 aliphatic heterocycles. The fraction of sp³-hybridized carbons (Fsp3) is 0.231. The molecule has 18 heavy (non-hydrogen) atoms. The Labute approximate surface area is 105 Å². The van der Waals surface area contributed by atoms with Gasteiger partial charge in [0.15, 0.2) is 5.78 Å². The van der Waals surface area contributed by atoms with Crippen molar-refractivity contribution in [2.24, 2.45) is 0 Å². The zero-order valence-electron chi connectivity index (χ0n) is 9.78. The van der Waals surface area contributed by atoms with E-state index in [0.29, 0.717) is 19.4 Å². The molecule has 1 aromatic heterocycles. The number of carbonyl (C=O) groups is 1. The molecule has 2 rings (SSSR count). The zero-order valence-corrected chi connectivity index (χ0v) is 9.78. The predicted octanol–water partition coefficient (Wildman–Crippen LogP) is 1.81. The molecule has 0 fully saturated rings. The molecule has 0 aliphatic carbocycles. The molecule has 2 aromatic rings. The first-order chi connectivity index (χ1) is 8.79. The van der Waals surface area contributed by atoms with Gasteiger partial charge in [0.1, 0.15) is 12.4 Å². The number of hydrogen-bond donors (Lipinski definition) is 0. The van der Waals surface area contributed by atoms with E-state index < -0.39 is 0 Å². The van der Waals surface area contributed by atoms with E-state index in [1.54, 1.807) is 4.68 Å². The van der Waals surface area contributed by atoms with E-state index in [4.69, 9.17) is 5.26 Å². The Kier molecular flexibility index (Phi) is 3.82. The second kappa shape index (κ2) is 5.73. The Morgan fingerprint density at radius 3 is 2.78 bits per heavy atom. The van der Waals surface area contributed by atoms with Crippen molar-refractivity contribution in [3.8, 4) is 6.07 Å². The first-order valence-electron chi connectivity index (χ1n) is 5.67. The molecular weight excluding hydrogens is 228 g/mol. The molecule has 0 amide bonds. The Hall–Kier alpha value is -2.48. The Morgan fingerprint density at radius 2 is 2.11 bits per heavy atom. The normalized spacial score (nSPS) is 9.94. The number of rotatable bonds is 5. The zero-order chi connectivity index (χ0) is 12.8. The van der Waals surface area contributed by atoms with Gasteiger partial charge in [-0.3, -0.25) is 9.48 Å². The van der Waals surface area contributed by atoms with Crippen molar-refractivity contribution in [2.45, 2.75) is 19.4 Å². The smallest absolute Gasteiger partial charge is 0.252 e. The number of carbonyl (C=O) groups excluding carboxylic acids is 1. The van der Waals surface area contributed by atoms with Crippen LogP contribution in [0.3, 0.4) is 0 Å². The number of hydrogen-bond acceptors (Lipinski definition) is 4. The lowest BCUT2D eigenvalue weighted by molar-refractivity contribution is 0.0978. The number of aryl methyl sites for hydroxylation is 1. The Morgan fingerprint density at radius 1 is 1.33 bits per heavy atom. The van der Waals surface area contributed by atoms with Gasteiger partial charge < -0.3 is 0 Å². The third-order valence-corrected chi connectivity index (χ3v) is 2.52. The van der Waals surface area contributed by atoms with Crippen LogP contribution in [0.25, 0.3) is 0 Å². The van der Waals surface area contributed by atoms with Crippen LogP contribution in [0, 0.1) is 11.3 Å². The van der Waals surface area contributed by atoms with E-state index in [1.165, 1.54) is 6.33 Å². The van der Waals surface area contributed by atoms with Crippen LogP contribution in [0.15, 0.2) is 36.7 Å². The second-order valence-corrected chi connectivity index (χ2v) is 3.84. The highest BCUT2D eigenvalue weighted by molar-refractivity contribution is 5.95. The van der Waals surface area contributed by atoms with Crippen LogP contribution >= 0.6 is 0 Å². The minimum Gasteiger partial charge on any atom is -0.294 e. The summed E-state index contributed by atoms with van der Waals surface area (Å²) in [4.78, 5) is 15.6. The molecule has 0 saturated carbocycles. The fourth-order valence-electron chi connectivity index (χ4n) is 1.62. The average Bonchev–Trinajstić information content (AvgIpc) is 2.87. The highest BCUT2D eigenvalue weighted by Crippen LogP contribution is 2.05. The van der Waals surface area contributed by atoms with Gasteiger partial charge in [-0.1, -0.05) is 30.3 Å². The van der Waals surface area contributed by atoms with E-state index in [0.717, 1.165) is 5.56 Å². The van der Waals surface area contributed by atoms with Crippen molar-refractivity contribution >= 4 is 5.78 Å². The Bertz CT molecular complexity index is 568. The van der Waals surface area contributed by atoms with E-state index in [2.05, 4.69) is 10.1 Å². The molecule has 0 N–H and O–H groups in total. The molecule has 0 spiro atoms. The summed E-state index contributed by atoms with van der Waals surface area (Å²) >= 11 is 0. The SMILES string of the molecule is N#Cc1ncn(CCCC(=O)c2ccccc2)n1. The molecule has 5 heteroatoms. The number of Topliss-reactive ketones (excluding diaryl/α,β-unsaturated/α-hetero) is 1. The van der Waals surface area contributed by atoms with Crippen molar-refractivity contribution < 1.29 is 4.79 Å². The third kappa shape index (κ3) is 3.01.